The minimum atomic E-state index is -3.23. The van der Waals surface area contributed by atoms with Crippen LogP contribution in [0, 0.1) is 12.8 Å². The maximum Gasteiger partial charge on any atom is 0.339 e. The summed E-state index contributed by atoms with van der Waals surface area (Å²) in [5, 5.41) is 11.7. The Morgan fingerprint density at radius 1 is 1.35 bits per heavy atom. The highest BCUT2D eigenvalue weighted by atomic mass is 32.2. The molecule has 26 heavy (non-hydrogen) atoms. The third kappa shape index (κ3) is 5.07. The van der Waals surface area contributed by atoms with Gasteiger partial charge in [0.05, 0.1) is 12.3 Å². The second-order valence-corrected chi connectivity index (χ2v) is 8.64. The predicted octanol–water partition coefficient (Wildman–Crippen LogP) is 1.74. The molecule has 2 rings (SSSR count). The number of hydrogen-bond donors (Lipinski definition) is 2. The molecule has 1 aromatic rings. The Hall–Kier alpha value is -1.87. The zero-order chi connectivity index (χ0) is 19.3. The molecule has 0 aliphatic carbocycles. The summed E-state index contributed by atoms with van der Waals surface area (Å²) in [7, 11) is -3.23. The molecule has 0 saturated carbocycles. The summed E-state index contributed by atoms with van der Waals surface area (Å²) in [5.74, 6) is -0.644. The van der Waals surface area contributed by atoms with Crippen LogP contribution in [0.25, 0.3) is 0 Å². The maximum absolute atomic E-state index is 12.3. The predicted molar refractivity (Wildman–Crippen MR) is 95.2 cm³/mol. The number of carboxylic acid groups (broad SMARTS) is 1. The molecule has 1 aromatic heterocycles. The standard InChI is InChI=1S/C17H26N2O6S/c1-3-4-9-26(23,24)19-7-5-13(6-8-19)16(20)18-11-14-10-15(17(21)22)12(2)25-14/h10,13H,3-9,11H2,1-2H3,(H,18,20)(H,21,22). The molecule has 0 spiro atoms. The third-order valence-corrected chi connectivity index (χ3v) is 6.57. The Morgan fingerprint density at radius 3 is 2.54 bits per heavy atom. The van der Waals surface area contributed by atoms with Gasteiger partial charge in [-0.3, -0.25) is 4.79 Å². The van der Waals surface area contributed by atoms with Gasteiger partial charge < -0.3 is 14.8 Å². The van der Waals surface area contributed by atoms with Crippen molar-refractivity contribution in [1.82, 2.24) is 9.62 Å². The van der Waals surface area contributed by atoms with Gasteiger partial charge >= 0.3 is 5.97 Å². The van der Waals surface area contributed by atoms with E-state index in [0.29, 0.717) is 43.9 Å². The Labute approximate surface area is 153 Å². The van der Waals surface area contributed by atoms with E-state index in [0.717, 1.165) is 6.42 Å². The van der Waals surface area contributed by atoms with Crippen molar-refractivity contribution in [2.75, 3.05) is 18.8 Å². The summed E-state index contributed by atoms with van der Waals surface area (Å²) < 4.78 is 31.2. The van der Waals surface area contributed by atoms with Crippen molar-refractivity contribution in [1.29, 1.82) is 0 Å². The molecule has 2 N–H and O–H groups in total. The number of carbonyl (C=O) groups excluding carboxylic acids is 1. The highest BCUT2D eigenvalue weighted by molar-refractivity contribution is 7.89. The van der Waals surface area contributed by atoms with Crippen LogP contribution in [0.3, 0.4) is 0 Å². The fraction of sp³-hybridized carbons (Fsp3) is 0.647. The van der Waals surface area contributed by atoms with Gasteiger partial charge in [0.15, 0.2) is 0 Å². The molecule has 0 unspecified atom stereocenters. The number of unbranched alkanes of at least 4 members (excludes halogenated alkanes) is 1. The number of hydrogen-bond acceptors (Lipinski definition) is 5. The van der Waals surface area contributed by atoms with E-state index in [2.05, 4.69) is 5.32 Å². The quantitative estimate of drug-likeness (QED) is 0.703. The van der Waals surface area contributed by atoms with Crippen LogP contribution < -0.4 is 5.32 Å². The Bertz CT molecular complexity index is 747. The van der Waals surface area contributed by atoms with Crippen LogP contribution >= 0.6 is 0 Å². The molecule has 0 atom stereocenters. The molecular formula is C17H26N2O6S. The van der Waals surface area contributed by atoms with Gasteiger partial charge in [-0.2, -0.15) is 0 Å². The van der Waals surface area contributed by atoms with Gasteiger partial charge in [0.1, 0.15) is 17.1 Å². The molecule has 1 saturated heterocycles. The van der Waals surface area contributed by atoms with E-state index in [-0.39, 0.29) is 29.7 Å². The van der Waals surface area contributed by atoms with Crippen LogP contribution in [0.4, 0.5) is 0 Å². The number of aromatic carboxylic acids is 1. The molecule has 0 bridgehead atoms. The summed E-state index contributed by atoms with van der Waals surface area (Å²) in [6, 6.07) is 1.40. The van der Waals surface area contributed by atoms with Crippen molar-refractivity contribution in [3.63, 3.8) is 0 Å². The zero-order valence-corrected chi connectivity index (χ0v) is 16.0. The molecule has 0 radical (unpaired) electrons. The number of piperidine rings is 1. The van der Waals surface area contributed by atoms with E-state index < -0.39 is 16.0 Å². The van der Waals surface area contributed by atoms with E-state index in [1.807, 2.05) is 6.92 Å². The molecule has 1 aliphatic rings. The second kappa shape index (κ2) is 8.68. The molecule has 0 aromatic carbocycles. The van der Waals surface area contributed by atoms with E-state index in [4.69, 9.17) is 9.52 Å². The van der Waals surface area contributed by atoms with E-state index >= 15 is 0 Å². The van der Waals surface area contributed by atoms with Crippen molar-refractivity contribution in [3.05, 3.63) is 23.2 Å². The van der Waals surface area contributed by atoms with Crippen LogP contribution in [0.1, 0.15) is 54.5 Å². The number of rotatable bonds is 8. The first-order chi connectivity index (χ1) is 12.2. The number of nitrogens with zero attached hydrogens (tertiary/aromatic N) is 1. The normalized spacial score (nSPS) is 16.5. The number of nitrogens with one attached hydrogen (secondary N) is 1. The fourth-order valence-electron chi connectivity index (χ4n) is 3.01. The van der Waals surface area contributed by atoms with Gasteiger partial charge in [0, 0.05) is 19.0 Å². The van der Waals surface area contributed by atoms with Gasteiger partial charge in [-0.15, -0.1) is 0 Å². The summed E-state index contributed by atoms with van der Waals surface area (Å²) >= 11 is 0. The molecule has 146 valence electrons. The van der Waals surface area contributed by atoms with E-state index in [9.17, 15) is 18.0 Å². The topological polar surface area (TPSA) is 117 Å². The van der Waals surface area contributed by atoms with Crippen LogP contribution in [0.15, 0.2) is 10.5 Å². The molecule has 8 nitrogen and oxygen atoms in total. The molecule has 1 amide bonds. The lowest BCUT2D eigenvalue weighted by molar-refractivity contribution is -0.126. The monoisotopic (exact) mass is 386 g/mol. The fourth-order valence-corrected chi connectivity index (χ4v) is 4.69. The number of sulfonamides is 1. The van der Waals surface area contributed by atoms with Gasteiger partial charge in [0.2, 0.25) is 15.9 Å². The summed E-state index contributed by atoms with van der Waals surface area (Å²) in [6.45, 7) is 4.33. The second-order valence-electron chi connectivity index (χ2n) is 6.55. The lowest BCUT2D eigenvalue weighted by atomic mass is 9.97. The Balaban J connectivity index is 1.83. The van der Waals surface area contributed by atoms with Crippen LogP contribution in [0.2, 0.25) is 0 Å². The lowest BCUT2D eigenvalue weighted by Crippen LogP contribution is -2.43. The highest BCUT2D eigenvalue weighted by Gasteiger charge is 2.30. The first-order valence-electron chi connectivity index (χ1n) is 8.82. The Morgan fingerprint density at radius 2 is 2.00 bits per heavy atom. The molecule has 1 aliphatic heterocycles. The van der Waals surface area contributed by atoms with Crippen molar-refractivity contribution >= 4 is 21.9 Å². The summed E-state index contributed by atoms with van der Waals surface area (Å²) in [6.07, 6.45) is 2.43. The number of carbonyl (C=O) groups is 2. The SMILES string of the molecule is CCCCS(=O)(=O)N1CCC(C(=O)NCc2cc(C(=O)O)c(C)o2)CC1. The van der Waals surface area contributed by atoms with Gasteiger partial charge in [-0.05, 0) is 32.3 Å². The first kappa shape index (κ1) is 20.4. The van der Waals surface area contributed by atoms with Gasteiger partial charge in [0.25, 0.3) is 0 Å². The number of aryl methyl sites for hydroxylation is 1. The van der Waals surface area contributed by atoms with Crippen molar-refractivity contribution in [2.24, 2.45) is 5.92 Å². The van der Waals surface area contributed by atoms with Crippen molar-refractivity contribution in [3.8, 4) is 0 Å². The molecular weight excluding hydrogens is 360 g/mol. The smallest absolute Gasteiger partial charge is 0.339 e. The first-order valence-corrected chi connectivity index (χ1v) is 10.4. The number of furan rings is 1. The minimum Gasteiger partial charge on any atom is -0.478 e. The average Bonchev–Trinajstić information content (AvgIpc) is 2.99. The van der Waals surface area contributed by atoms with E-state index in [1.54, 1.807) is 6.92 Å². The average molecular weight is 386 g/mol. The highest BCUT2D eigenvalue weighted by Crippen LogP contribution is 2.21. The zero-order valence-electron chi connectivity index (χ0n) is 15.2. The molecule has 2 heterocycles. The maximum atomic E-state index is 12.3. The van der Waals surface area contributed by atoms with Crippen molar-refractivity contribution < 1.29 is 27.5 Å². The largest absolute Gasteiger partial charge is 0.478 e. The number of amides is 1. The van der Waals surface area contributed by atoms with Gasteiger partial charge in [-0.25, -0.2) is 17.5 Å². The third-order valence-electron chi connectivity index (χ3n) is 4.61. The Kier molecular flexibility index (Phi) is 6.82. The van der Waals surface area contributed by atoms with Gasteiger partial charge in [-0.1, -0.05) is 13.3 Å². The summed E-state index contributed by atoms with van der Waals surface area (Å²) in [5.41, 5.74) is 0.0832. The van der Waals surface area contributed by atoms with Crippen LogP contribution in [-0.4, -0.2) is 48.5 Å². The molecule has 9 heteroatoms. The number of carboxylic acids is 1. The van der Waals surface area contributed by atoms with Crippen LogP contribution in [-0.2, 0) is 21.4 Å². The molecule has 1 fully saturated rings. The summed E-state index contributed by atoms with van der Waals surface area (Å²) in [4.78, 5) is 23.3. The van der Waals surface area contributed by atoms with Crippen LogP contribution in [0.5, 0.6) is 0 Å². The lowest BCUT2D eigenvalue weighted by Gasteiger charge is -2.30. The van der Waals surface area contributed by atoms with Crippen molar-refractivity contribution in [2.45, 2.75) is 46.1 Å². The van der Waals surface area contributed by atoms with E-state index in [1.165, 1.54) is 10.4 Å². The minimum absolute atomic E-state index is 0.0832.